The molecule has 1 saturated heterocycles. The van der Waals surface area contributed by atoms with Crippen LogP contribution in [0.1, 0.15) is 51.4 Å². The van der Waals surface area contributed by atoms with Crippen LogP contribution in [0, 0.1) is 5.82 Å². The van der Waals surface area contributed by atoms with Crippen molar-refractivity contribution < 1.29 is 18.7 Å². The molecule has 7 rings (SSSR count). The lowest BCUT2D eigenvalue weighted by Gasteiger charge is -2.38. The van der Waals surface area contributed by atoms with Crippen LogP contribution in [0.4, 0.5) is 26.2 Å². The highest BCUT2D eigenvalue weighted by Gasteiger charge is 2.34. The standard InChI is InChI=1S/C45H48FN5O3/c1-48(2)34-18-13-31(14-19-34)28-47-43-22-17-33(46)27-41(43)44(52)50-25-23-36(24-26-50)51(29-32-15-20-35(21-16-32)49(3)4)45(53)54-30-42-39-11-7-5-9-37(39)38-10-6-8-12-40(38)42/h5-22,27,36,42,47H,23-26,28-30H2,1-4H3. The predicted molar refractivity (Wildman–Crippen MR) is 215 cm³/mol. The van der Waals surface area contributed by atoms with Gasteiger partial charge in [-0.05, 0) is 88.7 Å². The number of halogens is 1. The molecule has 0 spiro atoms. The van der Waals surface area contributed by atoms with E-state index in [1.54, 1.807) is 11.0 Å². The molecule has 0 aromatic heterocycles. The Kier molecular flexibility index (Phi) is 10.9. The van der Waals surface area contributed by atoms with Crippen LogP contribution >= 0.6 is 0 Å². The van der Waals surface area contributed by atoms with Gasteiger partial charge in [-0.1, -0.05) is 72.8 Å². The van der Waals surface area contributed by atoms with Crippen LogP contribution in [0.5, 0.6) is 0 Å². The van der Waals surface area contributed by atoms with Crippen LogP contribution < -0.4 is 15.1 Å². The second-order valence-electron chi connectivity index (χ2n) is 14.6. The van der Waals surface area contributed by atoms with E-state index >= 15 is 0 Å². The molecule has 0 unspecified atom stereocenters. The Hall–Kier alpha value is -5.83. The van der Waals surface area contributed by atoms with Crippen LogP contribution in [-0.4, -0.2) is 75.7 Å². The molecular formula is C45H48FN5O3. The predicted octanol–water partition coefficient (Wildman–Crippen LogP) is 8.63. The Morgan fingerprint density at radius 3 is 1.87 bits per heavy atom. The van der Waals surface area contributed by atoms with Gasteiger partial charge in [0.15, 0.2) is 0 Å². The fraction of sp³-hybridized carbons (Fsp3) is 0.289. The Bertz CT molecular complexity index is 2050. The first-order valence-corrected chi connectivity index (χ1v) is 18.6. The van der Waals surface area contributed by atoms with Gasteiger partial charge in [-0.2, -0.15) is 0 Å². The Morgan fingerprint density at radius 1 is 0.741 bits per heavy atom. The normalized spacial score (nSPS) is 13.9. The number of ether oxygens (including phenoxy) is 1. The summed E-state index contributed by atoms with van der Waals surface area (Å²) in [6, 6.07) is 37.2. The van der Waals surface area contributed by atoms with Gasteiger partial charge in [0.25, 0.3) is 5.91 Å². The number of hydrogen-bond donors (Lipinski definition) is 1. The Labute approximate surface area is 317 Å². The third kappa shape index (κ3) is 7.90. The van der Waals surface area contributed by atoms with Gasteiger partial charge in [0, 0.05) is 83.4 Å². The first-order chi connectivity index (χ1) is 26.2. The number of nitrogens with one attached hydrogen (secondary N) is 1. The zero-order valence-electron chi connectivity index (χ0n) is 31.5. The molecule has 5 aromatic rings. The summed E-state index contributed by atoms with van der Waals surface area (Å²) in [5.74, 6) is -0.741. The molecule has 2 amide bonds. The highest BCUT2D eigenvalue weighted by atomic mass is 19.1. The lowest BCUT2D eigenvalue weighted by Crippen LogP contribution is -2.48. The molecule has 5 aromatic carbocycles. The first-order valence-electron chi connectivity index (χ1n) is 18.6. The van der Waals surface area contributed by atoms with E-state index in [0.29, 0.717) is 50.3 Å². The van der Waals surface area contributed by atoms with Crippen molar-refractivity contribution in [2.45, 2.75) is 37.9 Å². The lowest BCUT2D eigenvalue weighted by molar-refractivity contribution is 0.0512. The van der Waals surface area contributed by atoms with Crippen molar-refractivity contribution in [3.05, 3.63) is 149 Å². The minimum Gasteiger partial charge on any atom is -0.448 e. The van der Waals surface area contributed by atoms with E-state index in [1.807, 2.05) is 104 Å². The summed E-state index contributed by atoms with van der Waals surface area (Å²) >= 11 is 0. The lowest BCUT2D eigenvalue weighted by atomic mass is 9.98. The van der Waals surface area contributed by atoms with Crippen molar-refractivity contribution in [2.75, 3.05) is 63.0 Å². The average molecular weight is 726 g/mol. The monoisotopic (exact) mass is 725 g/mol. The van der Waals surface area contributed by atoms with Crippen molar-refractivity contribution >= 4 is 29.1 Å². The maximum atomic E-state index is 14.6. The van der Waals surface area contributed by atoms with Crippen LogP contribution in [0.3, 0.4) is 0 Å². The van der Waals surface area contributed by atoms with Crippen LogP contribution in [0.15, 0.2) is 115 Å². The van der Waals surface area contributed by atoms with Gasteiger partial charge >= 0.3 is 6.09 Å². The summed E-state index contributed by atoms with van der Waals surface area (Å²) in [4.78, 5) is 35.8. The highest BCUT2D eigenvalue weighted by Crippen LogP contribution is 2.44. The highest BCUT2D eigenvalue weighted by molar-refractivity contribution is 5.99. The molecule has 0 saturated carbocycles. The van der Waals surface area contributed by atoms with E-state index < -0.39 is 5.82 Å². The molecule has 2 aliphatic rings. The summed E-state index contributed by atoms with van der Waals surface area (Å²) in [6.07, 6.45) is 0.776. The van der Waals surface area contributed by atoms with Crippen molar-refractivity contribution in [1.29, 1.82) is 0 Å². The molecule has 54 heavy (non-hydrogen) atoms. The molecule has 278 valence electrons. The van der Waals surface area contributed by atoms with Gasteiger partial charge < -0.3 is 29.7 Å². The number of nitrogens with zero attached hydrogens (tertiary/aromatic N) is 4. The number of carbonyl (C=O) groups excluding carboxylic acids is 2. The maximum absolute atomic E-state index is 14.6. The fourth-order valence-corrected chi connectivity index (χ4v) is 7.62. The van der Waals surface area contributed by atoms with Gasteiger partial charge in [0.05, 0.1) is 5.56 Å². The Balaban J connectivity index is 1.05. The fourth-order valence-electron chi connectivity index (χ4n) is 7.62. The molecule has 1 aliphatic heterocycles. The van der Waals surface area contributed by atoms with Crippen LogP contribution in [0.2, 0.25) is 0 Å². The summed E-state index contributed by atoms with van der Waals surface area (Å²) in [5.41, 5.74) is 9.79. The molecule has 0 bridgehead atoms. The largest absolute Gasteiger partial charge is 0.448 e. The smallest absolute Gasteiger partial charge is 0.410 e. The second-order valence-corrected chi connectivity index (χ2v) is 14.6. The van der Waals surface area contributed by atoms with Gasteiger partial charge in [0.2, 0.25) is 0 Å². The SMILES string of the molecule is CN(C)c1ccc(CNc2ccc(F)cc2C(=O)N2CCC(N(Cc3ccc(N(C)C)cc3)C(=O)OCC3c4ccccc4-c4ccccc43)CC2)cc1. The van der Waals surface area contributed by atoms with E-state index in [1.165, 1.54) is 23.3 Å². The van der Waals surface area contributed by atoms with Crippen molar-refractivity contribution in [1.82, 2.24) is 9.80 Å². The third-order valence-corrected chi connectivity index (χ3v) is 10.7. The number of carbonyl (C=O) groups is 2. The van der Waals surface area contributed by atoms with E-state index in [2.05, 4.69) is 41.7 Å². The number of likely N-dealkylation sites (tertiary alicyclic amines) is 1. The molecular weight excluding hydrogens is 678 g/mol. The van der Waals surface area contributed by atoms with Crippen molar-refractivity contribution in [2.24, 2.45) is 0 Å². The molecule has 0 radical (unpaired) electrons. The van der Waals surface area contributed by atoms with Crippen molar-refractivity contribution in [3.8, 4) is 11.1 Å². The molecule has 8 nitrogen and oxygen atoms in total. The van der Waals surface area contributed by atoms with Gasteiger partial charge in [0.1, 0.15) is 12.4 Å². The number of anilines is 3. The van der Waals surface area contributed by atoms with Gasteiger partial charge in [-0.3, -0.25) is 4.79 Å². The quantitative estimate of drug-likeness (QED) is 0.147. The topological polar surface area (TPSA) is 68.4 Å². The molecule has 1 aliphatic carbocycles. The molecule has 0 atom stereocenters. The minimum atomic E-state index is -0.462. The second kappa shape index (κ2) is 16.0. The minimum absolute atomic E-state index is 0.0477. The number of amides is 2. The van der Waals surface area contributed by atoms with Crippen LogP contribution in [-0.2, 0) is 17.8 Å². The number of piperidine rings is 1. The zero-order valence-corrected chi connectivity index (χ0v) is 31.5. The summed E-state index contributed by atoms with van der Waals surface area (Å²) in [6.45, 7) is 1.97. The Morgan fingerprint density at radius 2 is 1.30 bits per heavy atom. The molecule has 1 heterocycles. The zero-order chi connectivity index (χ0) is 37.8. The van der Waals surface area contributed by atoms with Crippen molar-refractivity contribution in [3.63, 3.8) is 0 Å². The summed E-state index contributed by atoms with van der Waals surface area (Å²) in [5, 5.41) is 3.35. The van der Waals surface area contributed by atoms with Crippen LogP contribution in [0.25, 0.3) is 11.1 Å². The number of rotatable bonds is 11. The number of benzene rings is 5. The summed E-state index contributed by atoms with van der Waals surface area (Å²) in [7, 11) is 7.99. The van der Waals surface area contributed by atoms with E-state index in [9.17, 15) is 14.0 Å². The summed E-state index contributed by atoms with van der Waals surface area (Å²) < 4.78 is 20.8. The number of fused-ring (bicyclic) bond motifs is 3. The van der Waals surface area contributed by atoms with E-state index in [0.717, 1.165) is 33.6 Å². The molecule has 9 heteroatoms. The maximum Gasteiger partial charge on any atom is 0.410 e. The third-order valence-electron chi connectivity index (χ3n) is 10.7. The average Bonchev–Trinajstić information content (AvgIpc) is 3.52. The number of hydrogen-bond acceptors (Lipinski definition) is 6. The molecule has 1 fully saturated rings. The van der Waals surface area contributed by atoms with E-state index in [-0.39, 0.29) is 30.6 Å². The molecule has 1 N–H and O–H groups in total. The van der Waals surface area contributed by atoms with Gasteiger partial charge in [-0.25, -0.2) is 9.18 Å². The first kappa shape index (κ1) is 36.5. The van der Waals surface area contributed by atoms with Gasteiger partial charge in [-0.15, -0.1) is 0 Å². The van der Waals surface area contributed by atoms with E-state index in [4.69, 9.17) is 4.74 Å².